The molecule has 1 saturated heterocycles. The molecule has 4 nitrogen and oxygen atoms in total. The summed E-state index contributed by atoms with van der Waals surface area (Å²) in [6.07, 6.45) is 2.62. The Hall–Kier alpha value is -0.820. The molecular weight excluding hydrogens is 411 g/mol. The van der Waals surface area contributed by atoms with E-state index in [-0.39, 0.29) is 24.0 Å². The highest BCUT2D eigenvalue weighted by molar-refractivity contribution is 14.0. The molecule has 0 saturated carbocycles. The summed E-state index contributed by atoms with van der Waals surface area (Å²) in [5.74, 6) is 1.51. The number of aliphatic imine (C=N–C) groups is 1. The molecule has 24 heavy (non-hydrogen) atoms. The van der Waals surface area contributed by atoms with E-state index in [9.17, 15) is 0 Å². The molecule has 0 spiro atoms. The third kappa shape index (κ3) is 6.97. The molecule has 0 aromatic heterocycles. The molecule has 0 bridgehead atoms. The van der Waals surface area contributed by atoms with Gasteiger partial charge in [-0.25, -0.2) is 0 Å². The Kier molecular flexibility index (Phi) is 10.3. The van der Waals surface area contributed by atoms with Crippen LogP contribution in [0.5, 0.6) is 0 Å². The molecule has 0 aliphatic carbocycles. The number of likely N-dealkylation sites (tertiary alicyclic amines) is 1. The molecule has 1 fully saturated rings. The third-order valence-corrected chi connectivity index (χ3v) is 4.19. The zero-order valence-corrected chi connectivity index (χ0v) is 17.6. The fourth-order valence-corrected chi connectivity index (χ4v) is 3.00. The van der Waals surface area contributed by atoms with Gasteiger partial charge in [0.2, 0.25) is 0 Å². The van der Waals surface area contributed by atoms with Gasteiger partial charge in [-0.1, -0.05) is 44.2 Å². The minimum atomic E-state index is 0. The zero-order valence-electron chi connectivity index (χ0n) is 15.3. The van der Waals surface area contributed by atoms with Gasteiger partial charge >= 0.3 is 0 Å². The number of rotatable bonds is 7. The van der Waals surface area contributed by atoms with Crippen LogP contribution < -0.4 is 10.6 Å². The van der Waals surface area contributed by atoms with Crippen molar-refractivity contribution in [2.45, 2.75) is 39.7 Å². The summed E-state index contributed by atoms with van der Waals surface area (Å²) in [4.78, 5) is 7.27. The summed E-state index contributed by atoms with van der Waals surface area (Å²) in [5.41, 5.74) is 1.39. The number of nitrogens with one attached hydrogen (secondary N) is 2. The predicted molar refractivity (Wildman–Crippen MR) is 114 cm³/mol. The lowest BCUT2D eigenvalue weighted by Gasteiger charge is -2.29. The highest BCUT2D eigenvalue weighted by Crippen LogP contribution is 2.24. The summed E-state index contributed by atoms with van der Waals surface area (Å²) >= 11 is 0. The molecule has 2 N–H and O–H groups in total. The molecule has 1 atom stereocenters. The molecule has 0 radical (unpaired) electrons. The van der Waals surface area contributed by atoms with Crippen molar-refractivity contribution in [3.05, 3.63) is 35.9 Å². The molecule has 1 heterocycles. The van der Waals surface area contributed by atoms with Crippen LogP contribution in [0.3, 0.4) is 0 Å². The fourth-order valence-electron chi connectivity index (χ4n) is 3.00. The number of hydrogen-bond acceptors (Lipinski definition) is 2. The van der Waals surface area contributed by atoms with Gasteiger partial charge in [0, 0.05) is 19.6 Å². The molecule has 1 aliphatic rings. The van der Waals surface area contributed by atoms with Crippen LogP contribution in [-0.2, 0) is 0 Å². The zero-order chi connectivity index (χ0) is 16.5. The summed E-state index contributed by atoms with van der Waals surface area (Å²) in [6, 6.07) is 11.3. The van der Waals surface area contributed by atoms with Crippen molar-refractivity contribution in [1.82, 2.24) is 15.5 Å². The van der Waals surface area contributed by atoms with E-state index in [1.807, 2.05) is 0 Å². The molecule has 1 unspecified atom stereocenters. The van der Waals surface area contributed by atoms with Crippen LogP contribution in [0, 0.1) is 5.92 Å². The van der Waals surface area contributed by atoms with E-state index >= 15 is 0 Å². The van der Waals surface area contributed by atoms with Gasteiger partial charge in [0.15, 0.2) is 5.96 Å². The van der Waals surface area contributed by atoms with Gasteiger partial charge in [-0.15, -0.1) is 24.0 Å². The number of nitrogens with zero attached hydrogens (tertiary/aromatic N) is 2. The van der Waals surface area contributed by atoms with Crippen LogP contribution in [0.25, 0.3) is 0 Å². The summed E-state index contributed by atoms with van der Waals surface area (Å²) in [7, 11) is 0. The summed E-state index contributed by atoms with van der Waals surface area (Å²) < 4.78 is 0. The van der Waals surface area contributed by atoms with Crippen molar-refractivity contribution in [3.8, 4) is 0 Å². The monoisotopic (exact) mass is 444 g/mol. The lowest BCUT2D eigenvalue weighted by Crippen LogP contribution is -2.42. The van der Waals surface area contributed by atoms with Crippen molar-refractivity contribution < 1.29 is 0 Å². The maximum absolute atomic E-state index is 4.68. The van der Waals surface area contributed by atoms with Crippen molar-refractivity contribution >= 4 is 29.9 Å². The average molecular weight is 444 g/mol. The summed E-state index contributed by atoms with van der Waals surface area (Å²) in [6.45, 7) is 11.5. The van der Waals surface area contributed by atoms with Gasteiger partial charge in [0.25, 0.3) is 0 Å². The van der Waals surface area contributed by atoms with Crippen molar-refractivity contribution in [2.75, 3.05) is 32.7 Å². The van der Waals surface area contributed by atoms with Crippen LogP contribution in [0.2, 0.25) is 0 Å². The van der Waals surface area contributed by atoms with E-state index in [4.69, 9.17) is 0 Å². The molecule has 1 aromatic rings. The third-order valence-electron chi connectivity index (χ3n) is 4.19. The minimum absolute atomic E-state index is 0. The Morgan fingerprint density at radius 1 is 1.12 bits per heavy atom. The Morgan fingerprint density at radius 2 is 1.79 bits per heavy atom. The molecule has 0 amide bonds. The molecule has 2 rings (SSSR count). The SMILES string of the molecule is CCNC(=NCC(C)C)NCC(c1ccccc1)N1CCCC1.I. The first kappa shape index (κ1) is 21.2. The smallest absolute Gasteiger partial charge is 0.191 e. The highest BCUT2D eigenvalue weighted by atomic mass is 127. The fraction of sp³-hybridized carbons (Fsp3) is 0.632. The van der Waals surface area contributed by atoms with E-state index < -0.39 is 0 Å². The Labute approximate surface area is 164 Å². The van der Waals surface area contributed by atoms with Crippen LogP contribution in [0.4, 0.5) is 0 Å². The van der Waals surface area contributed by atoms with E-state index in [2.05, 4.69) is 71.6 Å². The van der Waals surface area contributed by atoms with Crippen LogP contribution in [0.1, 0.15) is 45.2 Å². The number of hydrogen-bond donors (Lipinski definition) is 2. The molecule has 136 valence electrons. The second-order valence-electron chi connectivity index (χ2n) is 6.66. The highest BCUT2D eigenvalue weighted by Gasteiger charge is 2.23. The van der Waals surface area contributed by atoms with Crippen LogP contribution in [-0.4, -0.2) is 43.6 Å². The maximum Gasteiger partial charge on any atom is 0.191 e. The van der Waals surface area contributed by atoms with Gasteiger partial charge in [-0.2, -0.15) is 0 Å². The first-order chi connectivity index (χ1) is 11.2. The standard InChI is InChI=1S/C19H32N4.HI/c1-4-20-19(21-14-16(2)3)22-15-18(23-12-8-9-13-23)17-10-6-5-7-11-17;/h5-7,10-11,16,18H,4,8-9,12-15H2,1-3H3,(H2,20,21,22);1H. The molecule has 1 aromatic carbocycles. The van der Waals surface area contributed by atoms with Gasteiger partial charge in [0.1, 0.15) is 0 Å². The number of halogens is 1. The van der Waals surface area contributed by atoms with Crippen LogP contribution in [0.15, 0.2) is 35.3 Å². The second-order valence-corrected chi connectivity index (χ2v) is 6.66. The molecular formula is C19H33IN4. The van der Waals surface area contributed by atoms with E-state index in [0.29, 0.717) is 12.0 Å². The first-order valence-electron chi connectivity index (χ1n) is 9.02. The van der Waals surface area contributed by atoms with Crippen LogP contribution >= 0.6 is 24.0 Å². The largest absolute Gasteiger partial charge is 0.357 e. The van der Waals surface area contributed by atoms with Gasteiger partial charge in [-0.05, 0) is 44.3 Å². The van der Waals surface area contributed by atoms with E-state index in [0.717, 1.165) is 25.6 Å². The van der Waals surface area contributed by atoms with Crippen molar-refractivity contribution in [2.24, 2.45) is 10.9 Å². The lowest BCUT2D eigenvalue weighted by molar-refractivity contribution is 0.245. The number of guanidine groups is 1. The quantitative estimate of drug-likeness (QED) is 0.383. The van der Waals surface area contributed by atoms with Gasteiger partial charge in [0.05, 0.1) is 6.04 Å². The van der Waals surface area contributed by atoms with Crippen molar-refractivity contribution in [1.29, 1.82) is 0 Å². The molecule has 1 aliphatic heterocycles. The summed E-state index contributed by atoms with van der Waals surface area (Å²) in [5, 5.41) is 6.90. The lowest BCUT2D eigenvalue weighted by atomic mass is 10.1. The molecule has 5 heteroatoms. The Morgan fingerprint density at radius 3 is 2.38 bits per heavy atom. The van der Waals surface area contributed by atoms with Gasteiger partial charge in [-0.3, -0.25) is 9.89 Å². The normalized spacial score (nSPS) is 16.8. The second kappa shape index (κ2) is 11.7. The van der Waals surface area contributed by atoms with E-state index in [1.54, 1.807) is 0 Å². The minimum Gasteiger partial charge on any atom is -0.357 e. The average Bonchev–Trinajstić information content (AvgIpc) is 3.08. The van der Waals surface area contributed by atoms with Crippen molar-refractivity contribution in [3.63, 3.8) is 0 Å². The topological polar surface area (TPSA) is 39.7 Å². The maximum atomic E-state index is 4.68. The Balaban J connectivity index is 0.00000288. The van der Waals surface area contributed by atoms with E-state index in [1.165, 1.54) is 31.5 Å². The first-order valence-corrected chi connectivity index (χ1v) is 9.02. The number of benzene rings is 1. The Bertz CT molecular complexity index is 470. The van der Waals surface area contributed by atoms with Gasteiger partial charge < -0.3 is 10.6 Å². The predicted octanol–water partition coefficient (Wildman–Crippen LogP) is 3.65.